The molecule has 0 saturated heterocycles. The predicted octanol–water partition coefficient (Wildman–Crippen LogP) is 3.14. The molecule has 10 heavy (non-hydrogen) atoms. The second-order valence-corrected chi connectivity index (χ2v) is 7.41. The summed E-state index contributed by atoms with van der Waals surface area (Å²) < 4.78 is 0. The van der Waals surface area contributed by atoms with E-state index < -0.39 is 8.07 Å². The third kappa shape index (κ3) is 3.23. The molecule has 0 amide bonds. The van der Waals surface area contributed by atoms with E-state index in [9.17, 15) is 0 Å². The van der Waals surface area contributed by atoms with Gasteiger partial charge in [0.25, 0.3) is 0 Å². The Hall–Kier alpha value is -0.0131. The van der Waals surface area contributed by atoms with Crippen molar-refractivity contribution < 1.29 is 0 Å². The molecule has 0 nitrogen and oxygen atoms in total. The normalized spacial score (nSPS) is 11.0. The van der Waals surface area contributed by atoms with Gasteiger partial charge in [0.15, 0.2) is 0 Å². The van der Waals surface area contributed by atoms with Crippen LogP contribution < -0.4 is 0 Å². The Morgan fingerprint density at radius 3 is 2.20 bits per heavy atom. The topological polar surface area (TPSA) is 0 Å². The average Bonchev–Trinajstić information content (AvgIpc) is 2.00. The Balaban J connectivity index is 3.80. The maximum Gasteiger partial charge on any atom is 0.0973 e. The number of rotatable bonds is 5. The van der Waals surface area contributed by atoms with E-state index in [0.717, 1.165) is 12.3 Å². The van der Waals surface area contributed by atoms with Crippen LogP contribution in [0.25, 0.3) is 0 Å². The Labute approximate surface area is 69.6 Å². The molecular weight excluding hydrogens is 160 g/mol. The summed E-state index contributed by atoms with van der Waals surface area (Å²) in [6.45, 7) is 9.86. The molecule has 0 aliphatic rings. The van der Waals surface area contributed by atoms with E-state index in [2.05, 4.69) is 31.1 Å². The minimum atomic E-state index is -1.27. The van der Waals surface area contributed by atoms with Crippen LogP contribution >= 0.6 is 11.6 Å². The van der Waals surface area contributed by atoms with Crippen LogP contribution in [0.4, 0.5) is 0 Å². The van der Waals surface area contributed by atoms with Crippen molar-refractivity contribution in [1.82, 2.24) is 0 Å². The van der Waals surface area contributed by atoms with Crippen molar-refractivity contribution in [2.45, 2.75) is 19.0 Å². The third-order valence-corrected chi connectivity index (χ3v) is 5.35. The summed E-state index contributed by atoms with van der Waals surface area (Å²) in [6.07, 6.45) is 1.09. The zero-order valence-corrected chi connectivity index (χ0v) is 8.32. The molecule has 58 valence electrons. The molecule has 0 aromatic carbocycles. The number of hydrogen-bond donors (Lipinski definition) is 0. The van der Waals surface area contributed by atoms with E-state index in [1.54, 1.807) is 0 Å². The Bertz CT molecular complexity index is 112. The van der Waals surface area contributed by atoms with Gasteiger partial charge in [0.2, 0.25) is 0 Å². The van der Waals surface area contributed by atoms with Gasteiger partial charge in [-0.2, -0.15) is 0 Å². The molecule has 0 atom stereocenters. The van der Waals surface area contributed by atoms with E-state index in [1.807, 2.05) is 0 Å². The maximum atomic E-state index is 5.58. The lowest BCUT2D eigenvalue weighted by atomic mass is 10.6. The van der Waals surface area contributed by atoms with Crippen molar-refractivity contribution in [2.24, 2.45) is 0 Å². The molecule has 0 N–H and O–H groups in total. The first-order valence-corrected chi connectivity index (χ1v) is 6.91. The van der Waals surface area contributed by atoms with Crippen LogP contribution in [-0.2, 0) is 0 Å². The van der Waals surface area contributed by atoms with Gasteiger partial charge in [0.1, 0.15) is 0 Å². The predicted molar refractivity (Wildman–Crippen MR) is 52.2 cm³/mol. The molecular formula is C8H15ClSi. The minimum absolute atomic E-state index is 0.754. The van der Waals surface area contributed by atoms with Gasteiger partial charge in [-0.3, -0.25) is 0 Å². The van der Waals surface area contributed by atoms with E-state index in [1.165, 1.54) is 6.04 Å². The van der Waals surface area contributed by atoms with Gasteiger partial charge in [-0.25, -0.2) is 0 Å². The maximum absolute atomic E-state index is 5.58. The highest BCUT2D eigenvalue weighted by atomic mass is 35.5. The molecule has 0 saturated carbocycles. The molecule has 0 heterocycles. The lowest BCUT2D eigenvalue weighted by Gasteiger charge is -2.16. The molecule has 0 aliphatic carbocycles. The van der Waals surface area contributed by atoms with Crippen molar-refractivity contribution in [1.29, 1.82) is 0 Å². The van der Waals surface area contributed by atoms with Crippen LogP contribution in [0, 0.1) is 0 Å². The molecule has 0 radical (unpaired) electrons. The van der Waals surface area contributed by atoms with Gasteiger partial charge >= 0.3 is 0 Å². The fourth-order valence-electron chi connectivity index (χ4n) is 0.735. The third-order valence-electron chi connectivity index (χ3n) is 1.78. The summed E-state index contributed by atoms with van der Waals surface area (Å²) in [7, 11) is -1.27. The van der Waals surface area contributed by atoms with Crippen molar-refractivity contribution in [3.63, 3.8) is 0 Å². The van der Waals surface area contributed by atoms with E-state index in [-0.39, 0.29) is 0 Å². The van der Waals surface area contributed by atoms with Gasteiger partial charge in [-0.05, 0) is 12.5 Å². The Morgan fingerprint density at radius 1 is 1.40 bits per heavy atom. The second-order valence-electron chi connectivity index (χ2n) is 2.71. The molecule has 0 aromatic heterocycles. The highest BCUT2D eigenvalue weighted by molar-refractivity contribution is 6.87. The quantitative estimate of drug-likeness (QED) is 0.444. The highest BCUT2D eigenvalue weighted by Gasteiger charge is 2.16. The van der Waals surface area contributed by atoms with Crippen LogP contribution in [0.15, 0.2) is 24.6 Å². The first-order valence-electron chi connectivity index (χ1n) is 3.51. The zero-order chi connectivity index (χ0) is 8.04. The Kier molecular flexibility index (Phi) is 4.74. The monoisotopic (exact) mass is 174 g/mol. The van der Waals surface area contributed by atoms with Crippen molar-refractivity contribution in [2.75, 3.05) is 5.88 Å². The van der Waals surface area contributed by atoms with Gasteiger partial charge < -0.3 is 0 Å². The summed E-state index contributed by atoms with van der Waals surface area (Å²) in [5.41, 5.74) is 4.12. The number of alkyl halides is 1. The molecule has 0 rings (SSSR count). The lowest BCUT2D eigenvalue weighted by Crippen LogP contribution is -2.23. The van der Waals surface area contributed by atoms with Crippen molar-refractivity contribution in [3.8, 4) is 0 Å². The van der Waals surface area contributed by atoms with Crippen LogP contribution in [0.1, 0.15) is 6.42 Å². The van der Waals surface area contributed by atoms with Gasteiger partial charge in [-0.15, -0.1) is 24.8 Å². The van der Waals surface area contributed by atoms with E-state index >= 15 is 0 Å². The van der Waals surface area contributed by atoms with Crippen molar-refractivity contribution in [3.05, 3.63) is 24.6 Å². The molecule has 0 aromatic rings. The summed E-state index contributed by atoms with van der Waals surface area (Å²) in [4.78, 5) is 0. The first kappa shape index (κ1) is 9.99. The Morgan fingerprint density at radius 2 is 1.90 bits per heavy atom. The molecule has 0 spiro atoms. The molecule has 2 heteroatoms. The van der Waals surface area contributed by atoms with Crippen molar-refractivity contribution >= 4 is 19.7 Å². The lowest BCUT2D eigenvalue weighted by molar-refractivity contribution is 1.07. The fourth-order valence-corrected chi connectivity index (χ4v) is 2.61. The van der Waals surface area contributed by atoms with Crippen LogP contribution in [0.2, 0.25) is 12.6 Å². The van der Waals surface area contributed by atoms with E-state index in [0.29, 0.717) is 0 Å². The molecule has 0 fully saturated rings. The number of halogens is 1. The minimum Gasteiger partial charge on any atom is -0.127 e. The van der Waals surface area contributed by atoms with Crippen LogP contribution in [0.5, 0.6) is 0 Å². The molecule has 0 unspecified atom stereocenters. The van der Waals surface area contributed by atoms with E-state index in [4.69, 9.17) is 11.6 Å². The van der Waals surface area contributed by atoms with Crippen LogP contribution in [-0.4, -0.2) is 14.0 Å². The summed E-state index contributed by atoms with van der Waals surface area (Å²) in [5, 5.41) is 0. The largest absolute Gasteiger partial charge is 0.127 e. The fraction of sp³-hybridized carbons (Fsp3) is 0.500. The molecule has 0 bridgehead atoms. The highest BCUT2D eigenvalue weighted by Crippen LogP contribution is 2.14. The number of hydrogen-bond acceptors (Lipinski definition) is 0. The smallest absolute Gasteiger partial charge is 0.0973 e. The summed E-state index contributed by atoms with van der Waals surface area (Å²) in [5.74, 6) is 0.754. The second kappa shape index (κ2) is 4.75. The summed E-state index contributed by atoms with van der Waals surface area (Å²) >= 11 is 5.58. The van der Waals surface area contributed by atoms with Gasteiger partial charge in [0.05, 0.1) is 8.07 Å². The van der Waals surface area contributed by atoms with Gasteiger partial charge in [0, 0.05) is 5.88 Å². The van der Waals surface area contributed by atoms with Gasteiger partial charge in [-0.1, -0.05) is 17.9 Å². The SMILES string of the molecule is C=C[Si](C)(C=C)CCCCl. The first-order chi connectivity index (χ1) is 4.68. The standard InChI is InChI=1S/C8H15ClSi/c1-4-10(3,5-2)8-6-7-9/h4-5H,1-2,6-8H2,3H3. The average molecular weight is 175 g/mol. The zero-order valence-electron chi connectivity index (χ0n) is 6.57. The summed E-state index contributed by atoms with van der Waals surface area (Å²) in [6, 6.07) is 1.18. The molecule has 0 aliphatic heterocycles. The van der Waals surface area contributed by atoms with Crippen LogP contribution in [0.3, 0.4) is 0 Å².